The molecule has 4 aromatic rings. The molecule has 1 amide bonds. The number of anilines is 1. The van der Waals surface area contributed by atoms with Gasteiger partial charge in [-0.2, -0.15) is 4.98 Å². The Morgan fingerprint density at radius 3 is 2.64 bits per heavy atom. The van der Waals surface area contributed by atoms with Crippen LogP contribution in [0.2, 0.25) is 5.02 Å². The second kappa shape index (κ2) is 9.58. The highest BCUT2D eigenvalue weighted by Crippen LogP contribution is 2.31. The number of ether oxygens (including phenoxy) is 2. The molecule has 0 atom stereocenters. The number of carbonyl (C=O) groups excluding carboxylic acids is 1. The van der Waals surface area contributed by atoms with E-state index in [2.05, 4.69) is 15.5 Å². The van der Waals surface area contributed by atoms with Crippen LogP contribution in [0, 0.1) is 0 Å². The van der Waals surface area contributed by atoms with Gasteiger partial charge in [0.05, 0.1) is 24.9 Å². The van der Waals surface area contributed by atoms with Crippen molar-refractivity contribution >= 4 is 23.2 Å². The van der Waals surface area contributed by atoms with E-state index in [0.717, 1.165) is 0 Å². The maximum atomic E-state index is 12.9. The van der Waals surface area contributed by atoms with Crippen molar-refractivity contribution in [2.24, 2.45) is 0 Å². The number of methoxy groups -OCH3 is 2. The first-order chi connectivity index (χ1) is 16.0. The second-order valence-electron chi connectivity index (χ2n) is 6.88. The van der Waals surface area contributed by atoms with Gasteiger partial charge in [-0.25, -0.2) is 0 Å². The molecule has 2 aromatic heterocycles. The molecule has 33 heavy (non-hydrogen) atoms. The lowest BCUT2D eigenvalue weighted by atomic mass is 10.2. The van der Waals surface area contributed by atoms with Gasteiger partial charge >= 0.3 is 0 Å². The van der Waals surface area contributed by atoms with E-state index in [9.17, 15) is 9.59 Å². The van der Waals surface area contributed by atoms with Gasteiger partial charge in [0, 0.05) is 11.8 Å². The Kier molecular flexibility index (Phi) is 6.41. The zero-order chi connectivity index (χ0) is 23.4. The van der Waals surface area contributed by atoms with Crippen molar-refractivity contribution in [3.05, 3.63) is 76.2 Å². The van der Waals surface area contributed by atoms with E-state index in [1.165, 1.54) is 17.9 Å². The fourth-order valence-corrected chi connectivity index (χ4v) is 3.34. The summed E-state index contributed by atoms with van der Waals surface area (Å²) in [4.78, 5) is 29.7. The molecule has 0 aliphatic rings. The average molecular weight is 467 g/mol. The Morgan fingerprint density at radius 1 is 1.09 bits per heavy atom. The molecule has 0 fully saturated rings. The molecule has 0 aliphatic carbocycles. The van der Waals surface area contributed by atoms with E-state index in [1.807, 2.05) is 0 Å². The van der Waals surface area contributed by atoms with Gasteiger partial charge in [-0.05, 0) is 42.5 Å². The van der Waals surface area contributed by atoms with E-state index >= 15 is 0 Å². The number of aromatic nitrogens is 3. The molecule has 0 unspecified atom stereocenters. The predicted molar refractivity (Wildman–Crippen MR) is 123 cm³/mol. The van der Waals surface area contributed by atoms with Gasteiger partial charge in [0.15, 0.2) is 11.5 Å². The van der Waals surface area contributed by atoms with Gasteiger partial charge in [0.2, 0.25) is 11.7 Å². The monoisotopic (exact) mass is 466 g/mol. The third kappa shape index (κ3) is 4.73. The zero-order valence-electron chi connectivity index (χ0n) is 17.7. The quantitative estimate of drug-likeness (QED) is 0.440. The van der Waals surface area contributed by atoms with Crippen molar-refractivity contribution < 1.29 is 18.8 Å². The molecule has 2 heterocycles. The van der Waals surface area contributed by atoms with Crippen LogP contribution in [0.15, 0.2) is 70.1 Å². The summed E-state index contributed by atoms with van der Waals surface area (Å²) in [7, 11) is 3.07. The molecule has 1 N–H and O–H groups in total. The zero-order valence-corrected chi connectivity index (χ0v) is 18.5. The first-order valence-corrected chi connectivity index (χ1v) is 10.2. The van der Waals surface area contributed by atoms with Crippen molar-refractivity contribution in [3.8, 4) is 34.3 Å². The number of carbonyl (C=O) groups is 1. The van der Waals surface area contributed by atoms with Crippen LogP contribution in [0.1, 0.15) is 0 Å². The fraction of sp³-hybridized carbons (Fsp3) is 0.130. The summed E-state index contributed by atoms with van der Waals surface area (Å²) < 4.78 is 17.1. The van der Waals surface area contributed by atoms with Crippen LogP contribution in [0.3, 0.4) is 0 Å². The summed E-state index contributed by atoms with van der Waals surface area (Å²) in [6.07, 6.45) is 1.50. The Balaban J connectivity index is 1.57. The summed E-state index contributed by atoms with van der Waals surface area (Å²) in [6, 6.07) is 15.2. The number of pyridine rings is 1. The number of para-hydroxylation sites is 1. The minimum Gasteiger partial charge on any atom is -0.493 e. The number of halogens is 1. The van der Waals surface area contributed by atoms with E-state index in [4.69, 9.17) is 25.6 Å². The Labute approximate surface area is 193 Å². The largest absolute Gasteiger partial charge is 0.493 e. The van der Waals surface area contributed by atoms with Gasteiger partial charge in [-0.1, -0.05) is 28.9 Å². The van der Waals surface area contributed by atoms with Crippen LogP contribution in [0.5, 0.6) is 11.5 Å². The van der Waals surface area contributed by atoms with Crippen LogP contribution in [0.25, 0.3) is 22.8 Å². The van der Waals surface area contributed by atoms with E-state index in [1.54, 1.807) is 61.7 Å². The topological polar surface area (TPSA) is 108 Å². The smallest absolute Gasteiger partial charge is 0.263 e. The molecule has 0 spiro atoms. The Hall–Kier alpha value is -4.11. The molecule has 0 radical (unpaired) electrons. The highest BCUT2D eigenvalue weighted by molar-refractivity contribution is 6.33. The maximum absolute atomic E-state index is 12.9. The van der Waals surface area contributed by atoms with Crippen LogP contribution in [-0.4, -0.2) is 34.8 Å². The van der Waals surface area contributed by atoms with E-state index in [-0.39, 0.29) is 23.8 Å². The van der Waals surface area contributed by atoms with Crippen molar-refractivity contribution in [3.63, 3.8) is 0 Å². The molecule has 0 saturated carbocycles. The average Bonchev–Trinajstić information content (AvgIpc) is 3.31. The first-order valence-electron chi connectivity index (χ1n) is 9.80. The molecule has 9 nitrogen and oxygen atoms in total. The summed E-state index contributed by atoms with van der Waals surface area (Å²) >= 11 is 6.07. The highest BCUT2D eigenvalue weighted by Gasteiger charge is 2.17. The predicted octanol–water partition coefficient (Wildman–Crippen LogP) is 3.87. The number of benzene rings is 2. The SMILES string of the molecule is COc1ccc(-c2noc(-c3cccn(CC(=O)Nc4ccccc4Cl)c3=O)n2)cc1OC. The number of hydrogen-bond donors (Lipinski definition) is 1. The lowest BCUT2D eigenvalue weighted by molar-refractivity contribution is -0.116. The van der Waals surface area contributed by atoms with Crippen molar-refractivity contribution in [2.75, 3.05) is 19.5 Å². The Morgan fingerprint density at radius 2 is 1.88 bits per heavy atom. The van der Waals surface area contributed by atoms with E-state index < -0.39 is 11.5 Å². The molecular formula is C23H19ClN4O5. The minimum atomic E-state index is -0.450. The molecule has 4 rings (SSSR count). The van der Waals surface area contributed by atoms with Crippen LogP contribution in [-0.2, 0) is 11.3 Å². The fourth-order valence-electron chi connectivity index (χ4n) is 3.16. The first kappa shape index (κ1) is 22.1. The van der Waals surface area contributed by atoms with Gasteiger partial charge in [-0.15, -0.1) is 0 Å². The summed E-state index contributed by atoms with van der Waals surface area (Å²) in [5.74, 6) is 0.973. The molecule has 10 heteroatoms. The molecule has 0 bridgehead atoms. The summed E-state index contributed by atoms with van der Waals surface area (Å²) in [5.41, 5.74) is 0.805. The van der Waals surface area contributed by atoms with Gasteiger partial charge in [-0.3, -0.25) is 9.59 Å². The normalized spacial score (nSPS) is 10.6. The van der Waals surface area contributed by atoms with Crippen LogP contribution < -0.4 is 20.3 Å². The van der Waals surface area contributed by atoms with Gasteiger partial charge < -0.3 is 23.9 Å². The van der Waals surface area contributed by atoms with Crippen molar-refractivity contribution in [1.29, 1.82) is 0 Å². The number of nitrogens with one attached hydrogen (secondary N) is 1. The number of amides is 1. The molecular weight excluding hydrogens is 448 g/mol. The van der Waals surface area contributed by atoms with Crippen LogP contribution in [0.4, 0.5) is 5.69 Å². The molecule has 0 saturated heterocycles. The highest BCUT2D eigenvalue weighted by atomic mass is 35.5. The summed E-state index contributed by atoms with van der Waals surface area (Å²) in [5, 5.41) is 7.06. The number of rotatable bonds is 7. The molecule has 168 valence electrons. The number of nitrogens with zero attached hydrogens (tertiary/aromatic N) is 3. The molecule has 0 aliphatic heterocycles. The second-order valence-corrected chi connectivity index (χ2v) is 7.28. The van der Waals surface area contributed by atoms with Crippen LogP contribution >= 0.6 is 11.6 Å². The molecule has 2 aromatic carbocycles. The van der Waals surface area contributed by atoms with Gasteiger partial charge in [0.25, 0.3) is 11.4 Å². The Bertz CT molecular complexity index is 1360. The standard InChI is InChI=1S/C23H19ClN4O5/c1-31-18-10-9-14(12-19(18)32-2)21-26-22(33-27-21)15-6-5-11-28(23(15)30)13-20(29)25-17-8-4-3-7-16(17)24/h3-12H,13H2,1-2H3,(H,25,29). The lowest BCUT2D eigenvalue weighted by Gasteiger charge is -2.09. The maximum Gasteiger partial charge on any atom is 0.263 e. The van der Waals surface area contributed by atoms with Gasteiger partial charge in [0.1, 0.15) is 12.1 Å². The third-order valence-electron chi connectivity index (χ3n) is 4.78. The third-order valence-corrected chi connectivity index (χ3v) is 5.11. The number of hydrogen-bond acceptors (Lipinski definition) is 7. The summed E-state index contributed by atoms with van der Waals surface area (Å²) in [6.45, 7) is -0.214. The van der Waals surface area contributed by atoms with E-state index in [0.29, 0.717) is 27.8 Å². The minimum absolute atomic E-state index is 0.0330. The van der Waals surface area contributed by atoms with Crippen molar-refractivity contribution in [2.45, 2.75) is 6.54 Å². The van der Waals surface area contributed by atoms with Crippen molar-refractivity contribution in [1.82, 2.24) is 14.7 Å². The lowest BCUT2D eigenvalue weighted by Crippen LogP contribution is -2.28.